The molecule has 0 aromatic rings. The van der Waals surface area contributed by atoms with Crippen LogP contribution < -0.4 is 0 Å². The molecule has 0 radical (unpaired) electrons. The average Bonchev–Trinajstić information content (AvgIpc) is 2.89. The molecule has 0 saturated heterocycles. The number of hydrogen-bond donors (Lipinski definition) is 3. The number of ketones is 1. The van der Waals surface area contributed by atoms with Gasteiger partial charge in [-0.1, -0.05) is 22.9 Å². The highest BCUT2D eigenvalue weighted by molar-refractivity contribution is 9.10. The minimum Gasteiger partial charge on any atom is -0.481 e. The van der Waals surface area contributed by atoms with Crippen molar-refractivity contribution in [2.45, 2.75) is 76.1 Å². The molecule has 7 atom stereocenters. The second kappa shape index (κ2) is 7.42. The number of aliphatic hydroxyl groups is 2. The Labute approximate surface area is 170 Å². The van der Waals surface area contributed by atoms with Crippen molar-refractivity contribution in [1.82, 2.24) is 0 Å². The summed E-state index contributed by atoms with van der Waals surface area (Å²) in [4.78, 5) is 21.4. The number of rotatable bonds is 1. The van der Waals surface area contributed by atoms with Gasteiger partial charge < -0.3 is 15.3 Å². The largest absolute Gasteiger partial charge is 0.481 e. The summed E-state index contributed by atoms with van der Waals surface area (Å²) in [6.45, 7) is 3.54. The molecule has 0 spiro atoms. The molecule has 0 amide bonds. The van der Waals surface area contributed by atoms with Crippen LogP contribution in [0, 0.1) is 34.5 Å². The smallest absolute Gasteiger partial charge is 0.300 e. The van der Waals surface area contributed by atoms with Crippen LogP contribution in [0.25, 0.3) is 0 Å². The molecule has 4 saturated carbocycles. The Kier molecular flexibility index (Phi) is 5.84. The van der Waals surface area contributed by atoms with Crippen LogP contribution in [0.2, 0.25) is 0 Å². The monoisotopic (exact) mass is 444 g/mol. The molecule has 0 aromatic carbocycles. The SMILES string of the molecule is CC(=O)O.C[C@]12CC[C@H]3[C@@H](CCC4C[C@](O)(Br)CC[C@@]43CO)[C@@H]1CCC2=O. The summed E-state index contributed by atoms with van der Waals surface area (Å²) in [6, 6.07) is 0. The van der Waals surface area contributed by atoms with Gasteiger partial charge in [-0.15, -0.1) is 0 Å². The zero-order chi connectivity index (χ0) is 20.0. The quantitative estimate of drug-likeness (QED) is 0.535. The summed E-state index contributed by atoms with van der Waals surface area (Å²) in [6.07, 6.45) is 8.59. The highest BCUT2D eigenvalue weighted by Gasteiger charge is 2.62. The first kappa shape index (κ1) is 21.3. The lowest BCUT2D eigenvalue weighted by molar-refractivity contribution is -0.158. The fourth-order valence-electron chi connectivity index (χ4n) is 7.08. The minimum atomic E-state index is -0.833. The standard InChI is InChI=1S/C19H29BrO3.C2H4O2/c1-17-7-6-15-13(14(17)4-5-16(17)22)3-2-12-10-19(20,23)9-8-18(12,15)11-21;1-2(3)4/h12-15,21,23H,2-11H2,1H3;1H3,(H,3,4)/t12?,13-,14-,15-,17-,18+,19-;/m0./s1. The third-order valence-electron chi connectivity index (χ3n) is 8.37. The lowest BCUT2D eigenvalue weighted by atomic mass is 9.45. The Hall–Kier alpha value is -0.460. The van der Waals surface area contributed by atoms with Crippen LogP contribution in [-0.2, 0) is 9.59 Å². The van der Waals surface area contributed by atoms with Gasteiger partial charge in [-0.3, -0.25) is 9.59 Å². The van der Waals surface area contributed by atoms with Gasteiger partial charge in [0.15, 0.2) is 0 Å². The topological polar surface area (TPSA) is 94.8 Å². The number of aliphatic carboxylic acids is 1. The van der Waals surface area contributed by atoms with E-state index >= 15 is 0 Å². The van der Waals surface area contributed by atoms with Gasteiger partial charge in [0.2, 0.25) is 0 Å². The first-order valence-electron chi connectivity index (χ1n) is 10.3. The number of carbonyl (C=O) groups is 2. The maximum atomic E-state index is 12.4. The predicted molar refractivity (Wildman–Crippen MR) is 105 cm³/mol. The average molecular weight is 445 g/mol. The van der Waals surface area contributed by atoms with Crippen LogP contribution in [0.1, 0.15) is 71.6 Å². The summed E-state index contributed by atoms with van der Waals surface area (Å²) >= 11 is 3.49. The fraction of sp³-hybridized carbons (Fsp3) is 0.905. The van der Waals surface area contributed by atoms with E-state index < -0.39 is 10.5 Å². The second-order valence-corrected chi connectivity index (χ2v) is 11.1. The lowest BCUT2D eigenvalue weighted by Gasteiger charge is -2.61. The molecule has 4 fully saturated rings. The van der Waals surface area contributed by atoms with Crippen molar-refractivity contribution < 1.29 is 24.9 Å². The van der Waals surface area contributed by atoms with Crippen molar-refractivity contribution >= 4 is 27.7 Å². The van der Waals surface area contributed by atoms with E-state index in [-0.39, 0.29) is 17.4 Å². The van der Waals surface area contributed by atoms with Crippen molar-refractivity contribution in [3.63, 3.8) is 0 Å². The number of Topliss-reactive ketones (excluding diaryl/α,β-unsaturated/α-hetero) is 1. The molecule has 1 unspecified atom stereocenters. The van der Waals surface area contributed by atoms with Gasteiger partial charge in [-0.05, 0) is 80.5 Å². The molecule has 4 rings (SSSR count). The van der Waals surface area contributed by atoms with Gasteiger partial charge in [0.1, 0.15) is 10.3 Å². The van der Waals surface area contributed by atoms with Gasteiger partial charge in [-0.25, -0.2) is 0 Å². The van der Waals surface area contributed by atoms with E-state index in [0.717, 1.165) is 58.3 Å². The lowest BCUT2D eigenvalue weighted by Crippen LogP contribution is -2.57. The van der Waals surface area contributed by atoms with Gasteiger partial charge in [0.25, 0.3) is 5.97 Å². The zero-order valence-electron chi connectivity index (χ0n) is 16.4. The number of halogens is 1. The molecule has 0 aromatic heterocycles. The third-order valence-corrected chi connectivity index (χ3v) is 9.09. The van der Waals surface area contributed by atoms with Gasteiger partial charge in [-0.2, -0.15) is 0 Å². The number of aliphatic hydroxyl groups excluding tert-OH is 1. The minimum absolute atomic E-state index is 0.0180. The van der Waals surface area contributed by atoms with Crippen molar-refractivity contribution in [1.29, 1.82) is 0 Å². The Morgan fingerprint density at radius 2 is 1.81 bits per heavy atom. The summed E-state index contributed by atoms with van der Waals surface area (Å²) in [5, 5.41) is 28.2. The van der Waals surface area contributed by atoms with Crippen molar-refractivity contribution in [3.05, 3.63) is 0 Å². The highest BCUT2D eigenvalue weighted by Crippen LogP contribution is 2.66. The zero-order valence-corrected chi connectivity index (χ0v) is 18.0. The molecule has 3 N–H and O–H groups in total. The number of carbonyl (C=O) groups excluding carboxylic acids is 1. The van der Waals surface area contributed by atoms with Crippen LogP contribution in [-0.4, -0.2) is 38.2 Å². The molecule has 0 bridgehead atoms. The van der Waals surface area contributed by atoms with Crippen LogP contribution in [0.5, 0.6) is 0 Å². The number of carboxylic acids is 1. The molecular weight excluding hydrogens is 412 g/mol. The molecule has 0 aliphatic heterocycles. The fourth-order valence-corrected chi connectivity index (χ4v) is 7.67. The van der Waals surface area contributed by atoms with Crippen LogP contribution in [0.15, 0.2) is 0 Å². The second-order valence-electron chi connectivity index (χ2n) is 9.60. The maximum absolute atomic E-state index is 12.4. The predicted octanol–water partition coefficient (Wildman–Crippen LogP) is 3.75. The Morgan fingerprint density at radius 3 is 2.44 bits per heavy atom. The van der Waals surface area contributed by atoms with E-state index in [1.165, 1.54) is 6.42 Å². The third kappa shape index (κ3) is 3.62. The first-order chi connectivity index (χ1) is 12.6. The molecule has 154 valence electrons. The van der Waals surface area contributed by atoms with Gasteiger partial charge in [0.05, 0.1) is 0 Å². The van der Waals surface area contributed by atoms with Gasteiger partial charge >= 0.3 is 0 Å². The molecular formula is C21H33BrO5. The molecule has 4 aliphatic carbocycles. The number of carboxylic acid groups (broad SMARTS) is 1. The Balaban J connectivity index is 0.000000481. The summed E-state index contributed by atoms with van der Waals surface area (Å²) < 4.78 is -0.740. The van der Waals surface area contributed by atoms with E-state index in [2.05, 4.69) is 22.9 Å². The van der Waals surface area contributed by atoms with E-state index in [1.807, 2.05) is 0 Å². The summed E-state index contributed by atoms with van der Waals surface area (Å²) in [5.74, 6) is 1.74. The van der Waals surface area contributed by atoms with Gasteiger partial charge in [0, 0.05) is 25.4 Å². The molecule has 5 nitrogen and oxygen atoms in total. The van der Waals surface area contributed by atoms with Crippen molar-refractivity contribution in [3.8, 4) is 0 Å². The normalized spacial score (nSPS) is 48.6. The van der Waals surface area contributed by atoms with Crippen molar-refractivity contribution in [2.75, 3.05) is 6.61 Å². The summed E-state index contributed by atoms with van der Waals surface area (Å²) in [5.41, 5.74) is -0.106. The van der Waals surface area contributed by atoms with Crippen LogP contribution in [0.3, 0.4) is 0 Å². The number of fused-ring (bicyclic) bond motifs is 5. The molecule has 6 heteroatoms. The first-order valence-corrected chi connectivity index (χ1v) is 11.1. The molecule has 0 heterocycles. The highest BCUT2D eigenvalue weighted by atomic mass is 79.9. The Bertz CT molecular complexity index is 601. The number of alkyl halides is 1. The Morgan fingerprint density at radius 1 is 1.15 bits per heavy atom. The van der Waals surface area contributed by atoms with Crippen molar-refractivity contribution in [2.24, 2.45) is 34.5 Å². The number of hydrogen-bond acceptors (Lipinski definition) is 4. The van der Waals surface area contributed by atoms with E-state index in [4.69, 9.17) is 9.90 Å². The van der Waals surface area contributed by atoms with E-state index in [0.29, 0.717) is 29.5 Å². The molecule has 27 heavy (non-hydrogen) atoms. The van der Waals surface area contributed by atoms with Crippen LogP contribution in [0.4, 0.5) is 0 Å². The van der Waals surface area contributed by atoms with Crippen LogP contribution >= 0.6 is 15.9 Å². The van der Waals surface area contributed by atoms with E-state index in [9.17, 15) is 15.0 Å². The maximum Gasteiger partial charge on any atom is 0.300 e. The van der Waals surface area contributed by atoms with E-state index in [1.54, 1.807) is 0 Å². The molecule has 4 aliphatic rings. The summed E-state index contributed by atoms with van der Waals surface area (Å²) in [7, 11) is 0.